The van der Waals surface area contributed by atoms with Gasteiger partial charge in [-0.15, -0.1) is 11.3 Å². The minimum atomic E-state index is 0.0980. The Kier molecular flexibility index (Phi) is 4.28. The average molecular weight is 338 g/mol. The molecule has 0 amide bonds. The number of nitrogens with one attached hydrogen (secondary N) is 1. The molecule has 0 saturated heterocycles. The van der Waals surface area contributed by atoms with E-state index in [1.54, 1.807) is 23.6 Å². The Hall–Kier alpha value is -1.70. The minimum Gasteiger partial charge on any atom is -0.361 e. The number of hydrogen-bond acceptors (Lipinski definition) is 7. The molecule has 0 aliphatic heterocycles. The van der Waals surface area contributed by atoms with Gasteiger partial charge < -0.3 is 15.6 Å². The fraction of sp³-hybridized carbons (Fsp3) is 0.357. The van der Waals surface area contributed by atoms with Gasteiger partial charge in [-0.05, 0) is 37.4 Å². The summed E-state index contributed by atoms with van der Waals surface area (Å²) in [6.07, 6.45) is 2.42. The molecule has 0 bridgehead atoms. The van der Waals surface area contributed by atoms with Crippen LogP contribution in [0.15, 0.2) is 16.8 Å². The van der Waals surface area contributed by atoms with E-state index in [0.29, 0.717) is 12.4 Å². The van der Waals surface area contributed by atoms with Crippen LogP contribution in [0.5, 0.6) is 0 Å². The molecule has 1 atom stereocenters. The molecule has 6 nitrogen and oxygen atoms in total. The van der Waals surface area contributed by atoms with Gasteiger partial charge in [-0.3, -0.25) is 0 Å². The zero-order chi connectivity index (χ0) is 15.7. The highest BCUT2D eigenvalue weighted by atomic mass is 35.5. The van der Waals surface area contributed by atoms with E-state index in [1.165, 1.54) is 4.88 Å². The molecule has 3 aromatic rings. The molecule has 0 fully saturated rings. The second-order valence-electron chi connectivity index (χ2n) is 5.18. The van der Waals surface area contributed by atoms with Gasteiger partial charge in [-0.1, -0.05) is 5.16 Å². The van der Waals surface area contributed by atoms with Crippen molar-refractivity contribution < 1.29 is 4.52 Å². The lowest BCUT2D eigenvalue weighted by Crippen LogP contribution is -2.17. The van der Waals surface area contributed by atoms with Crippen molar-refractivity contribution >= 4 is 39.0 Å². The molecule has 8 heteroatoms. The second-order valence-corrected chi connectivity index (χ2v) is 6.63. The number of rotatable bonds is 5. The van der Waals surface area contributed by atoms with Crippen LogP contribution in [0.25, 0.3) is 10.2 Å². The third-order valence-electron chi connectivity index (χ3n) is 3.27. The molecule has 0 spiro atoms. The predicted octanol–water partition coefficient (Wildman–Crippen LogP) is 3.14. The predicted molar refractivity (Wildman–Crippen MR) is 88.3 cm³/mol. The Labute approximate surface area is 136 Å². The molecule has 0 aliphatic rings. The van der Waals surface area contributed by atoms with E-state index in [9.17, 15) is 0 Å². The standard InChI is InChI=1S/C14H16ClN5OS/c1-7(16)5-10-8(2)11-12(22-10)13(20-14(15)19-11)17-6-9-3-4-18-21-9/h3-4,7H,5-6,16H2,1-2H3,(H,17,19,20)/t7-/m0/s1. The quantitative estimate of drug-likeness (QED) is 0.695. The molecule has 22 heavy (non-hydrogen) atoms. The van der Waals surface area contributed by atoms with Crippen LogP contribution in [0.4, 0.5) is 5.82 Å². The van der Waals surface area contributed by atoms with Crippen molar-refractivity contribution in [2.45, 2.75) is 32.9 Å². The van der Waals surface area contributed by atoms with Crippen LogP contribution >= 0.6 is 22.9 Å². The Balaban J connectivity index is 1.98. The van der Waals surface area contributed by atoms with Gasteiger partial charge in [0.15, 0.2) is 5.76 Å². The van der Waals surface area contributed by atoms with E-state index < -0.39 is 0 Å². The molecule has 3 heterocycles. The summed E-state index contributed by atoms with van der Waals surface area (Å²) in [6.45, 7) is 4.52. The van der Waals surface area contributed by atoms with Crippen LogP contribution < -0.4 is 11.1 Å². The highest BCUT2D eigenvalue weighted by molar-refractivity contribution is 7.19. The molecule has 0 saturated carbocycles. The highest BCUT2D eigenvalue weighted by Crippen LogP contribution is 2.35. The average Bonchev–Trinajstić information content (AvgIpc) is 3.07. The van der Waals surface area contributed by atoms with Crippen molar-refractivity contribution in [2.75, 3.05) is 5.32 Å². The number of nitrogens with zero attached hydrogens (tertiary/aromatic N) is 3. The summed E-state index contributed by atoms with van der Waals surface area (Å²) in [4.78, 5) is 9.86. The topological polar surface area (TPSA) is 89.9 Å². The van der Waals surface area contributed by atoms with E-state index in [4.69, 9.17) is 21.9 Å². The first-order chi connectivity index (χ1) is 10.5. The smallest absolute Gasteiger partial charge is 0.224 e. The summed E-state index contributed by atoms with van der Waals surface area (Å²) in [5.41, 5.74) is 7.91. The summed E-state index contributed by atoms with van der Waals surface area (Å²) < 4.78 is 6.06. The zero-order valence-electron chi connectivity index (χ0n) is 12.3. The highest BCUT2D eigenvalue weighted by Gasteiger charge is 2.16. The first-order valence-electron chi connectivity index (χ1n) is 6.89. The largest absolute Gasteiger partial charge is 0.361 e. The SMILES string of the molecule is Cc1c(C[C@H](C)N)sc2c(NCc3ccno3)nc(Cl)nc12. The maximum atomic E-state index is 6.05. The number of hydrogen-bond donors (Lipinski definition) is 2. The summed E-state index contributed by atoms with van der Waals surface area (Å²) in [6, 6.07) is 1.90. The van der Waals surface area contributed by atoms with Crippen LogP contribution in [0.3, 0.4) is 0 Å². The van der Waals surface area contributed by atoms with Crippen LogP contribution in [0.2, 0.25) is 5.28 Å². The zero-order valence-corrected chi connectivity index (χ0v) is 13.8. The van der Waals surface area contributed by atoms with E-state index in [2.05, 4.69) is 20.4 Å². The molecule has 0 unspecified atom stereocenters. The number of nitrogens with two attached hydrogens (primary N) is 1. The molecule has 0 radical (unpaired) electrons. The summed E-state index contributed by atoms with van der Waals surface area (Å²) in [5, 5.41) is 7.14. The van der Waals surface area contributed by atoms with Crippen molar-refractivity contribution in [1.29, 1.82) is 0 Å². The lowest BCUT2D eigenvalue weighted by Gasteiger charge is -2.04. The van der Waals surface area contributed by atoms with Gasteiger partial charge in [-0.2, -0.15) is 4.98 Å². The lowest BCUT2D eigenvalue weighted by molar-refractivity contribution is 0.388. The fourth-order valence-corrected chi connectivity index (χ4v) is 3.74. The van der Waals surface area contributed by atoms with Gasteiger partial charge in [0.05, 0.1) is 23.0 Å². The van der Waals surface area contributed by atoms with E-state index in [0.717, 1.165) is 28.0 Å². The van der Waals surface area contributed by atoms with Gasteiger partial charge >= 0.3 is 0 Å². The number of aromatic nitrogens is 3. The molecule has 3 N–H and O–H groups in total. The molecule has 3 rings (SSSR count). The van der Waals surface area contributed by atoms with Crippen molar-refractivity contribution in [1.82, 2.24) is 15.1 Å². The Morgan fingerprint density at radius 1 is 1.45 bits per heavy atom. The number of aryl methyl sites for hydroxylation is 1. The molecule has 0 aromatic carbocycles. The van der Waals surface area contributed by atoms with Crippen LogP contribution in [-0.4, -0.2) is 21.2 Å². The summed E-state index contributed by atoms with van der Waals surface area (Å²) in [5.74, 6) is 1.43. The van der Waals surface area contributed by atoms with E-state index in [-0.39, 0.29) is 11.3 Å². The summed E-state index contributed by atoms with van der Waals surface area (Å²) >= 11 is 7.71. The molecule has 3 aromatic heterocycles. The maximum Gasteiger partial charge on any atom is 0.224 e. The maximum absolute atomic E-state index is 6.05. The lowest BCUT2D eigenvalue weighted by atomic mass is 10.1. The van der Waals surface area contributed by atoms with Crippen molar-refractivity contribution in [3.05, 3.63) is 33.7 Å². The van der Waals surface area contributed by atoms with Crippen molar-refractivity contribution in [3.8, 4) is 0 Å². The third-order valence-corrected chi connectivity index (χ3v) is 4.74. The van der Waals surface area contributed by atoms with Gasteiger partial charge in [0, 0.05) is 17.0 Å². The number of halogens is 1. The van der Waals surface area contributed by atoms with Gasteiger partial charge in [0.1, 0.15) is 5.82 Å². The Morgan fingerprint density at radius 3 is 2.95 bits per heavy atom. The Bertz CT molecular complexity index is 784. The second kappa shape index (κ2) is 6.20. The summed E-state index contributed by atoms with van der Waals surface area (Å²) in [7, 11) is 0. The first kappa shape index (κ1) is 15.2. The van der Waals surface area contributed by atoms with Crippen molar-refractivity contribution in [3.63, 3.8) is 0 Å². The molecular formula is C14H16ClN5OS. The van der Waals surface area contributed by atoms with Gasteiger partial charge in [0.2, 0.25) is 5.28 Å². The third kappa shape index (κ3) is 3.06. The molecule has 116 valence electrons. The Morgan fingerprint density at radius 2 is 2.27 bits per heavy atom. The van der Waals surface area contributed by atoms with Crippen LogP contribution in [-0.2, 0) is 13.0 Å². The van der Waals surface area contributed by atoms with Gasteiger partial charge in [0.25, 0.3) is 0 Å². The van der Waals surface area contributed by atoms with E-state index in [1.807, 2.05) is 13.8 Å². The number of anilines is 1. The minimum absolute atomic E-state index is 0.0980. The first-order valence-corrected chi connectivity index (χ1v) is 8.08. The van der Waals surface area contributed by atoms with Crippen LogP contribution in [0, 0.1) is 6.92 Å². The fourth-order valence-electron chi connectivity index (χ4n) is 2.22. The van der Waals surface area contributed by atoms with E-state index >= 15 is 0 Å². The number of fused-ring (bicyclic) bond motifs is 1. The number of thiophene rings is 1. The van der Waals surface area contributed by atoms with Crippen LogP contribution in [0.1, 0.15) is 23.1 Å². The van der Waals surface area contributed by atoms with Crippen molar-refractivity contribution in [2.24, 2.45) is 5.73 Å². The monoisotopic (exact) mass is 337 g/mol. The normalized spacial score (nSPS) is 12.7. The molecular weight excluding hydrogens is 322 g/mol. The molecule has 0 aliphatic carbocycles. The van der Waals surface area contributed by atoms with Gasteiger partial charge in [-0.25, -0.2) is 4.98 Å².